The summed E-state index contributed by atoms with van der Waals surface area (Å²) in [5.41, 5.74) is 1.76. The zero-order valence-corrected chi connectivity index (χ0v) is 11.7. The van der Waals surface area contributed by atoms with E-state index in [4.69, 9.17) is 10.00 Å². The fourth-order valence-corrected chi connectivity index (χ4v) is 1.95. The van der Waals surface area contributed by atoms with Crippen LogP contribution in [0, 0.1) is 17.1 Å². The molecule has 0 saturated carbocycles. The Morgan fingerprint density at radius 2 is 1.79 bits per heavy atom. The number of ether oxygens (including phenoxy) is 1. The molecule has 2 nitrogen and oxygen atoms in total. The van der Waals surface area contributed by atoms with Crippen LogP contribution in [0.4, 0.5) is 4.39 Å². The second-order valence-electron chi connectivity index (χ2n) is 3.98. The molecule has 0 atom stereocenters. The predicted molar refractivity (Wildman–Crippen MR) is 74.9 cm³/mol. The average Bonchev–Trinajstić information content (AvgIpc) is 2.43. The summed E-state index contributed by atoms with van der Waals surface area (Å²) < 4.78 is 19.2. The number of nitriles is 1. The maximum atomic E-state index is 13.7. The third-order valence-corrected chi connectivity index (χ3v) is 3.23. The van der Waals surface area contributed by atoms with E-state index in [9.17, 15) is 4.39 Å². The summed E-state index contributed by atoms with van der Waals surface area (Å²) in [6, 6.07) is 14.0. The third kappa shape index (κ3) is 3.55. The van der Waals surface area contributed by atoms with Gasteiger partial charge in [0.1, 0.15) is 5.75 Å². The lowest BCUT2D eigenvalue weighted by Gasteiger charge is -2.08. The summed E-state index contributed by atoms with van der Waals surface area (Å²) in [4.78, 5) is 0. The smallest absolute Gasteiger partial charge is 0.166 e. The first-order valence-corrected chi connectivity index (χ1v) is 6.83. The molecule has 4 heteroatoms. The van der Waals surface area contributed by atoms with Gasteiger partial charge in [0.25, 0.3) is 0 Å². The second kappa shape index (κ2) is 6.35. The lowest BCUT2D eigenvalue weighted by molar-refractivity contribution is 0.442. The normalized spacial score (nSPS) is 9.95. The van der Waals surface area contributed by atoms with E-state index < -0.39 is 5.82 Å². The molecule has 0 spiro atoms. The molecule has 0 radical (unpaired) electrons. The van der Waals surface area contributed by atoms with Crippen molar-refractivity contribution in [3.63, 3.8) is 0 Å². The van der Waals surface area contributed by atoms with Gasteiger partial charge in [-0.3, -0.25) is 0 Å². The highest BCUT2D eigenvalue weighted by atomic mass is 79.9. The van der Waals surface area contributed by atoms with Crippen LogP contribution in [0.1, 0.15) is 11.1 Å². The van der Waals surface area contributed by atoms with Gasteiger partial charge in [0.05, 0.1) is 12.5 Å². The SMILES string of the molecule is N#CCc1ccc(Oc2ccc(CBr)cc2F)cc1. The zero-order chi connectivity index (χ0) is 13.7. The average molecular weight is 320 g/mol. The predicted octanol–water partition coefficient (Wildman–Crippen LogP) is 4.58. The molecule has 2 aromatic carbocycles. The van der Waals surface area contributed by atoms with Gasteiger partial charge in [0.15, 0.2) is 11.6 Å². The Morgan fingerprint density at radius 1 is 1.11 bits per heavy atom. The number of hydrogen-bond donors (Lipinski definition) is 0. The Balaban J connectivity index is 2.15. The molecular formula is C15H11BrFNO. The highest BCUT2D eigenvalue weighted by Gasteiger charge is 2.05. The number of hydrogen-bond acceptors (Lipinski definition) is 2. The highest BCUT2D eigenvalue weighted by molar-refractivity contribution is 9.08. The van der Waals surface area contributed by atoms with Crippen LogP contribution in [0.2, 0.25) is 0 Å². The minimum atomic E-state index is -0.391. The van der Waals surface area contributed by atoms with Crippen molar-refractivity contribution in [3.8, 4) is 17.6 Å². The quantitative estimate of drug-likeness (QED) is 0.773. The van der Waals surface area contributed by atoms with Crippen molar-refractivity contribution >= 4 is 15.9 Å². The Labute approximate surface area is 119 Å². The largest absolute Gasteiger partial charge is 0.454 e. The number of halogens is 2. The van der Waals surface area contributed by atoms with Crippen LogP contribution in [0.15, 0.2) is 42.5 Å². The molecule has 0 amide bonds. The molecule has 19 heavy (non-hydrogen) atoms. The molecule has 0 heterocycles. The van der Waals surface area contributed by atoms with E-state index in [1.165, 1.54) is 6.07 Å². The highest BCUT2D eigenvalue weighted by Crippen LogP contribution is 2.26. The summed E-state index contributed by atoms with van der Waals surface area (Å²) in [6.07, 6.45) is 0.356. The van der Waals surface area contributed by atoms with Gasteiger partial charge in [0.2, 0.25) is 0 Å². The van der Waals surface area contributed by atoms with E-state index in [1.807, 2.05) is 0 Å². The van der Waals surface area contributed by atoms with Crippen LogP contribution in [0.5, 0.6) is 11.5 Å². The maximum Gasteiger partial charge on any atom is 0.166 e. The molecule has 2 rings (SSSR count). The van der Waals surface area contributed by atoms with Gasteiger partial charge in [0, 0.05) is 5.33 Å². The molecule has 0 saturated heterocycles. The van der Waals surface area contributed by atoms with Gasteiger partial charge in [-0.2, -0.15) is 5.26 Å². The molecule has 0 aliphatic rings. The molecular weight excluding hydrogens is 309 g/mol. The van der Waals surface area contributed by atoms with Crippen LogP contribution in [-0.2, 0) is 11.8 Å². The minimum absolute atomic E-state index is 0.192. The minimum Gasteiger partial charge on any atom is -0.454 e. The summed E-state index contributed by atoms with van der Waals surface area (Å²) in [7, 11) is 0. The molecule has 0 unspecified atom stereocenters. The summed E-state index contributed by atoms with van der Waals surface area (Å²) in [5.74, 6) is 0.350. The molecule has 0 aromatic heterocycles. The molecule has 96 valence electrons. The molecule has 0 N–H and O–H groups in total. The molecule has 0 aliphatic heterocycles. The second-order valence-corrected chi connectivity index (χ2v) is 4.54. The molecule has 0 aliphatic carbocycles. The van der Waals surface area contributed by atoms with Crippen LogP contribution >= 0.6 is 15.9 Å². The first kappa shape index (κ1) is 13.6. The Kier molecular flexibility index (Phi) is 4.53. The Hall–Kier alpha value is -1.86. The molecule has 2 aromatic rings. The van der Waals surface area contributed by atoms with Gasteiger partial charge in [-0.15, -0.1) is 0 Å². The van der Waals surface area contributed by atoms with Crippen molar-refractivity contribution in [1.29, 1.82) is 5.26 Å². The van der Waals surface area contributed by atoms with Crippen LogP contribution in [0.3, 0.4) is 0 Å². The van der Waals surface area contributed by atoms with Crippen molar-refractivity contribution in [2.24, 2.45) is 0 Å². The van der Waals surface area contributed by atoms with Crippen molar-refractivity contribution in [1.82, 2.24) is 0 Å². The van der Waals surface area contributed by atoms with Gasteiger partial charge < -0.3 is 4.74 Å². The third-order valence-electron chi connectivity index (χ3n) is 2.58. The summed E-state index contributed by atoms with van der Waals surface area (Å²) >= 11 is 3.27. The van der Waals surface area contributed by atoms with Crippen LogP contribution in [0.25, 0.3) is 0 Å². The first-order chi connectivity index (χ1) is 9.22. The van der Waals surface area contributed by atoms with E-state index in [-0.39, 0.29) is 5.75 Å². The van der Waals surface area contributed by atoms with Gasteiger partial charge in [-0.1, -0.05) is 34.1 Å². The van der Waals surface area contributed by atoms with E-state index in [1.54, 1.807) is 36.4 Å². The van der Waals surface area contributed by atoms with Crippen molar-refractivity contribution < 1.29 is 9.13 Å². The number of nitrogens with zero attached hydrogens (tertiary/aromatic N) is 1. The Morgan fingerprint density at radius 3 is 2.37 bits per heavy atom. The van der Waals surface area contributed by atoms with Gasteiger partial charge >= 0.3 is 0 Å². The number of benzene rings is 2. The molecule has 0 bridgehead atoms. The zero-order valence-electron chi connectivity index (χ0n) is 10.1. The van der Waals surface area contributed by atoms with E-state index in [0.717, 1.165) is 11.1 Å². The standard InChI is InChI=1S/C15H11BrFNO/c16-10-12-3-6-15(14(17)9-12)19-13-4-1-11(2-5-13)7-8-18/h1-6,9H,7,10H2. The topological polar surface area (TPSA) is 33.0 Å². The lowest BCUT2D eigenvalue weighted by atomic mass is 10.1. The van der Waals surface area contributed by atoms with E-state index >= 15 is 0 Å². The lowest BCUT2D eigenvalue weighted by Crippen LogP contribution is -1.90. The molecule has 0 fully saturated rings. The fraction of sp³-hybridized carbons (Fsp3) is 0.133. The number of rotatable bonds is 4. The van der Waals surface area contributed by atoms with Crippen molar-refractivity contribution in [2.75, 3.05) is 0 Å². The maximum absolute atomic E-state index is 13.7. The monoisotopic (exact) mass is 319 g/mol. The van der Waals surface area contributed by atoms with Crippen molar-refractivity contribution in [3.05, 3.63) is 59.4 Å². The Bertz CT molecular complexity index is 605. The summed E-state index contributed by atoms with van der Waals surface area (Å²) in [5, 5.41) is 9.18. The first-order valence-electron chi connectivity index (χ1n) is 5.71. The summed E-state index contributed by atoms with van der Waals surface area (Å²) in [6.45, 7) is 0. The van der Waals surface area contributed by atoms with E-state index in [0.29, 0.717) is 17.5 Å². The van der Waals surface area contributed by atoms with E-state index in [2.05, 4.69) is 22.0 Å². The van der Waals surface area contributed by atoms with Crippen LogP contribution in [-0.4, -0.2) is 0 Å². The number of alkyl halides is 1. The van der Waals surface area contributed by atoms with Crippen LogP contribution < -0.4 is 4.74 Å². The van der Waals surface area contributed by atoms with Crippen molar-refractivity contribution in [2.45, 2.75) is 11.8 Å². The van der Waals surface area contributed by atoms with Gasteiger partial charge in [-0.05, 0) is 35.4 Å². The fourth-order valence-electron chi connectivity index (χ4n) is 1.60. The van der Waals surface area contributed by atoms with Gasteiger partial charge in [-0.25, -0.2) is 4.39 Å².